The molecule has 8 aliphatic rings. The molecule has 0 heterocycles. The molecule has 0 aromatic rings. The molecule has 5 atom stereocenters. The third-order valence-electron chi connectivity index (χ3n) is 19.4. The zero-order valence-corrected chi connectivity index (χ0v) is 42.5. The van der Waals surface area contributed by atoms with Crippen LogP contribution in [0, 0.1) is 74.4 Å². The number of fused-ring (bicyclic) bond motifs is 3. The summed E-state index contributed by atoms with van der Waals surface area (Å²) < 4.78 is 266. The first kappa shape index (κ1) is 67.6. The number of rotatable bonds is 0. The Morgan fingerprint density at radius 1 is 0.356 bits per heavy atom. The van der Waals surface area contributed by atoms with Crippen LogP contribution in [0.2, 0.25) is 0 Å². The second-order valence-electron chi connectivity index (χ2n) is 23.8. The normalized spacial score (nSPS) is 31.9. The van der Waals surface area contributed by atoms with Gasteiger partial charge in [-0.3, -0.25) is 0 Å². The van der Waals surface area contributed by atoms with Crippen molar-refractivity contribution in [3.63, 3.8) is 0 Å². The third kappa shape index (κ3) is 15.4. The molecule has 436 valence electrons. The van der Waals surface area contributed by atoms with Crippen molar-refractivity contribution in [3.05, 3.63) is 0 Å². The molecule has 0 N–H and O–H groups in total. The van der Waals surface area contributed by atoms with Gasteiger partial charge in [-0.05, 0) is 168 Å². The summed E-state index contributed by atoms with van der Waals surface area (Å²) in [5, 5.41) is 0. The fourth-order valence-corrected chi connectivity index (χ4v) is 13.0. The minimum absolute atomic E-state index is 0. The zero-order chi connectivity index (χ0) is 55.6. The molecule has 0 aromatic carbocycles. The molecule has 2 unspecified atom stereocenters. The SMILES string of the molecule is C.CC1CCC(C(F)(F)F)(C(F)(F)F)CC1.CC1CCC2(CC1)CCC(C(F)(F)F)(C(F)(F)F)CC2.CC1CCCC(C(F)(F)F)[C@@H]1C.C[C@@H]1CCCCC1(C(F)(F)F)C(F)(F)F.C[C@H]1CC2CCC1(C)CC2. The second kappa shape index (κ2) is 24.3. The molecule has 2 bridgehead atoms. The van der Waals surface area contributed by atoms with E-state index in [0.717, 1.165) is 62.7 Å². The number of hydrogen-bond acceptors (Lipinski definition) is 0. The molecule has 0 radical (unpaired) electrons. The summed E-state index contributed by atoms with van der Waals surface area (Å²) in [7, 11) is 0. The molecule has 0 saturated heterocycles. The molecule has 8 aliphatic carbocycles. The Morgan fingerprint density at radius 3 is 1.05 bits per heavy atom. The Morgan fingerprint density at radius 2 is 0.753 bits per heavy atom. The van der Waals surface area contributed by atoms with Crippen LogP contribution in [0.4, 0.5) is 92.2 Å². The Balaban J connectivity index is 0.000000317. The van der Waals surface area contributed by atoms with Gasteiger partial charge < -0.3 is 0 Å². The van der Waals surface area contributed by atoms with E-state index in [-0.39, 0.29) is 69.1 Å². The Hall–Kier alpha value is -1.47. The van der Waals surface area contributed by atoms with Gasteiger partial charge in [-0.1, -0.05) is 94.4 Å². The first-order valence-electron chi connectivity index (χ1n) is 25.8. The van der Waals surface area contributed by atoms with E-state index in [1.54, 1.807) is 13.8 Å². The highest BCUT2D eigenvalue weighted by Gasteiger charge is 2.74. The van der Waals surface area contributed by atoms with Crippen LogP contribution in [0.15, 0.2) is 0 Å². The Bertz CT molecular complexity index is 1560. The monoisotopic (exact) mass is 1100 g/mol. The van der Waals surface area contributed by atoms with Crippen LogP contribution in [-0.2, 0) is 0 Å². The van der Waals surface area contributed by atoms with E-state index < -0.39 is 103 Å². The van der Waals surface area contributed by atoms with E-state index in [1.165, 1.54) is 32.1 Å². The quantitative estimate of drug-likeness (QED) is 0.212. The van der Waals surface area contributed by atoms with E-state index >= 15 is 0 Å². The van der Waals surface area contributed by atoms with Crippen molar-refractivity contribution in [1.82, 2.24) is 0 Å². The van der Waals surface area contributed by atoms with Gasteiger partial charge in [0.05, 0.1) is 5.92 Å². The first-order chi connectivity index (χ1) is 32.4. The lowest BCUT2D eigenvalue weighted by atomic mass is 9.57. The standard InChI is InChI=1S/C14H20F6.C10H18.2C9H12F6.C9H15F3.CH4/c1-10-2-4-11(5-3-10)6-8-12(9-7-11,13(15,16)17)14(18,19)20;1-8-7-9-3-5-10(8,2)6-4-9;1-6-2-4-7(5-3-6,8(10,11)12)9(13,14)15;1-6-4-2-3-5-7(6,8(10,11)12)9(13,14)15;1-6-4-3-5-8(7(6)2)9(10,11)12;/h10H,2-9H2,1H3;8-9H,3-7H2,1-2H3;2*6H,2-5H2,1H3;6-8H,3-5H2,1-2H3;1H4/t;8-,9?,10?;;6-;6?,7-,8?;/m.0.11./s1. The van der Waals surface area contributed by atoms with Crippen molar-refractivity contribution in [2.45, 2.75) is 253 Å². The topological polar surface area (TPSA) is 0 Å². The Kier molecular flexibility index (Phi) is 22.5. The highest BCUT2D eigenvalue weighted by molar-refractivity contribution is 5.02. The van der Waals surface area contributed by atoms with Gasteiger partial charge in [0.25, 0.3) is 0 Å². The van der Waals surface area contributed by atoms with E-state index in [0.29, 0.717) is 18.8 Å². The average Bonchev–Trinajstić information content (AvgIpc) is 3.22. The summed E-state index contributed by atoms with van der Waals surface area (Å²) in [4.78, 5) is 0. The average molecular weight is 1110 g/mol. The van der Waals surface area contributed by atoms with Gasteiger partial charge in [-0.25, -0.2) is 0 Å². The minimum Gasteiger partial charge on any atom is -0.171 e. The van der Waals surface area contributed by atoms with Gasteiger partial charge in [0, 0.05) is 0 Å². The van der Waals surface area contributed by atoms with Crippen molar-refractivity contribution in [3.8, 4) is 0 Å². The Labute approximate surface area is 419 Å². The molecule has 8 rings (SSSR count). The molecular formula is C52H81F21. The maximum absolute atomic E-state index is 13.0. The van der Waals surface area contributed by atoms with Gasteiger partial charge in [0.15, 0.2) is 16.2 Å². The van der Waals surface area contributed by atoms with Crippen LogP contribution in [-0.4, -0.2) is 43.2 Å². The number of alkyl halides is 21. The molecule has 0 nitrogen and oxygen atoms in total. The molecule has 8 saturated carbocycles. The number of halogens is 21. The fraction of sp³-hybridized carbons (Fsp3) is 1.00. The van der Waals surface area contributed by atoms with E-state index in [1.807, 2.05) is 6.92 Å². The van der Waals surface area contributed by atoms with Gasteiger partial charge in [0.2, 0.25) is 0 Å². The van der Waals surface area contributed by atoms with Crippen molar-refractivity contribution in [2.75, 3.05) is 0 Å². The third-order valence-corrected chi connectivity index (χ3v) is 19.4. The molecule has 0 aromatic heterocycles. The van der Waals surface area contributed by atoms with Crippen LogP contribution in [0.5, 0.6) is 0 Å². The summed E-state index contributed by atoms with van der Waals surface area (Å²) in [6.07, 6.45) is -25.7. The summed E-state index contributed by atoms with van der Waals surface area (Å²) >= 11 is 0. The highest BCUT2D eigenvalue weighted by Crippen LogP contribution is 2.65. The molecule has 1 spiro atoms. The second-order valence-corrected chi connectivity index (χ2v) is 23.8. The molecule has 8 fully saturated rings. The van der Waals surface area contributed by atoms with Crippen LogP contribution in [0.3, 0.4) is 0 Å². The van der Waals surface area contributed by atoms with Crippen molar-refractivity contribution in [1.29, 1.82) is 0 Å². The van der Waals surface area contributed by atoms with Crippen molar-refractivity contribution < 1.29 is 92.2 Å². The molecule has 0 aliphatic heterocycles. The summed E-state index contributed by atoms with van der Waals surface area (Å²) in [5.41, 5.74) is -9.96. The maximum atomic E-state index is 13.0. The maximum Gasteiger partial charge on any atom is 0.403 e. The molecule has 21 heteroatoms. The summed E-state index contributed by atoms with van der Waals surface area (Å²) in [6, 6.07) is 0. The molecule has 0 amide bonds. The molecular weight excluding hydrogens is 1020 g/mol. The minimum atomic E-state index is -5.20. The smallest absolute Gasteiger partial charge is 0.171 e. The molecule has 73 heavy (non-hydrogen) atoms. The van der Waals surface area contributed by atoms with Crippen molar-refractivity contribution >= 4 is 0 Å². The lowest BCUT2D eigenvalue weighted by Gasteiger charge is -2.49. The fourth-order valence-electron chi connectivity index (χ4n) is 13.0. The van der Waals surface area contributed by atoms with Crippen molar-refractivity contribution in [2.24, 2.45) is 74.4 Å². The first-order valence-corrected chi connectivity index (χ1v) is 25.8. The van der Waals surface area contributed by atoms with Crippen LogP contribution in [0.1, 0.15) is 210 Å². The van der Waals surface area contributed by atoms with Crippen LogP contribution >= 0.6 is 0 Å². The zero-order valence-electron chi connectivity index (χ0n) is 42.5. The summed E-state index contributed by atoms with van der Waals surface area (Å²) in [5.74, 6) is 0.203. The van der Waals surface area contributed by atoms with E-state index in [2.05, 4.69) is 20.8 Å². The lowest BCUT2D eigenvalue weighted by Crippen LogP contribution is -2.55. The predicted octanol–water partition coefficient (Wildman–Crippen LogP) is 22.0. The van der Waals surface area contributed by atoms with Crippen LogP contribution < -0.4 is 0 Å². The number of hydrogen-bond donors (Lipinski definition) is 0. The summed E-state index contributed by atoms with van der Waals surface area (Å²) in [6.45, 7) is 13.4. The van der Waals surface area contributed by atoms with E-state index in [4.69, 9.17) is 0 Å². The van der Waals surface area contributed by atoms with Gasteiger partial charge in [-0.15, -0.1) is 0 Å². The van der Waals surface area contributed by atoms with Crippen LogP contribution in [0.25, 0.3) is 0 Å². The van der Waals surface area contributed by atoms with E-state index in [9.17, 15) is 92.2 Å². The highest BCUT2D eigenvalue weighted by atomic mass is 19.4. The predicted molar refractivity (Wildman–Crippen MR) is 240 cm³/mol. The van der Waals surface area contributed by atoms with Gasteiger partial charge >= 0.3 is 43.2 Å². The van der Waals surface area contributed by atoms with Gasteiger partial charge in [0.1, 0.15) is 0 Å². The van der Waals surface area contributed by atoms with Gasteiger partial charge in [-0.2, -0.15) is 92.2 Å². The lowest BCUT2D eigenvalue weighted by molar-refractivity contribution is -0.364. The largest absolute Gasteiger partial charge is 0.403 e.